The third kappa shape index (κ3) is 10.1. The summed E-state index contributed by atoms with van der Waals surface area (Å²) in [6.07, 6.45) is 1.75. The summed E-state index contributed by atoms with van der Waals surface area (Å²) < 4.78 is 0. The monoisotopic (exact) mass is 81.0 g/mol. The van der Waals surface area contributed by atoms with Gasteiger partial charge in [-0.3, -0.25) is 0 Å². The second kappa shape index (κ2) is 8.83. The molecule has 0 saturated carbocycles. The molecule has 0 rings (SSSR count). The van der Waals surface area contributed by atoms with Crippen molar-refractivity contribution in [2.75, 3.05) is 0 Å². The fourth-order valence-electron chi connectivity index (χ4n) is 0. The van der Waals surface area contributed by atoms with Crippen molar-refractivity contribution in [1.29, 1.82) is 0 Å². The molecule has 0 nitrogen and oxygen atoms in total. The Morgan fingerprint density at radius 3 is 1.75 bits per heavy atom. The maximum Gasteiger partial charge on any atom is 0 e. The molecule has 1 heteroatoms. The second-order valence-electron chi connectivity index (χ2n) is 0.408. The number of hydrogen-bond acceptors (Lipinski definition) is 0. The van der Waals surface area contributed by atoms with Crippen LogP contribution in [0.1, 0.15) is 6.92 Å². The van der Waals surface area contributed by atoms with Crippen LogP contribution in [-0.4, -0.2) is 51.4 Å². The van der Waals surface area contributed by atoms with Crippen molar-refractivity contribution in [3.8, 4) is 0 Å². The summed E-state index contributed by atoms with van der Waals surface area (Å²) in [5.41, 5.74) is 0. The zero-order valence-electron chi connectivity index (χ0n) is 3.28. The molecule has 1 radical (unpaired) electrons. The predicted octanol–water partition coefficient (Wildman–Crippen LogP) is 0.811. The van der Waals surface area contributed by atoms with Crippen molar-refractivity contribution in [1.82, 2.24) is 0 Å². The molecule has 0 aliphatic heterocycles. The maximum absolute atomic E-state index is 3.36. The first-order valence-electron chi connectivity index (χ1n) is 0.986. The number of hydrogen-bond donors (Lipinski definition) is 0. The van der Waals surface area contributed by atoms with Gasteiger partial charge in [-0.25, -0.2) is 0 Å². The molecule has 4 heavy (non-hydrogen) atoms. The van der Waals surface area contributed by atoms with Crippen molar-refractivity contribution < 1.29 is 0 Å². The van der Waals surface area contributed by atoms with Crippen LogP contribution in [0.25, 0.3) is 0 Å². The Bertz CT molecular complexity index is 10.8. The van der Waals surface area contributed by atoms with Crippen molar-refractivity contribution >= 4 is 51.4 Å². The van der Waals surface area contributed by atoms with E-state index in [0.717, 1.165) is 0 Å². The first-order valence-corrected chi connectivity index (χ1v) is 0.986. The standard InChI is InChI=1S/C3H6.K/c1-3-2;/h3H,1H2,2H3;. The minimum absolute atomic E-state index is 0. The van der Waals surface area contributed by atoms with Gasteiger partial charge in [0.1, 0.15) is 0 Å². The van der Waals surface area contributed by atoms with Gasteiger partial charge >= 0.3 is 0 Å². The molecular formula is C3H6K. The third-order valence-electron chi connectivity index (χ3n) is 0. The summed E-state index contributed by atoms with van der Waals surface area (Å²) in [5.74, 6) is 0. The summed E-state index contributed by atoms with van der Waals surface area (Å²) in [7, 11) is 0. The van der Waals surface area contributed by atoms with Crippen molar-refractivity contribution in [2.45, 2.75) is 6.92 Å². The van der Waals surface area contributed by atoms with Crippen molar-refractivity contribution in [2.24, 2.45) is 0 Å². The second-order valence-corrected chi connectivity index (χ2v) is 0.408. The van der Waals surface area contributed by atoms with Crippen molar-refractivity contribution in [3.05, 3.63) is 12.7 Å². The normalized spacial score (nSPS) is 3.25. The van der Waals surface area contributed by atoms with Crippen LogP contribution in [0.5, 0.6) is 0 Å². The Hall–Kier alpha value is 1.38. The summed E-state index contributed by atoms with van der Waals surface area (Å²) in [6.45, 7) is 5.25. The SMILES string of the molecule is C=CC.[K]. The number of rotatable bonds is 0. The molecule has 0 aromatic rings. The fourth-order valence-corrected chi connectivity index (χ4v) is 0. The van der Waals surface area contributed by atoms with Crippen LogP contribution in [0.4, 0.5) is 0 Å². The van der Waals surface area contributed by atoms with Crippen LogP contribution in [0.2, 0.25) is 0 Å². The molecule has 0 heterocycles. The van der Waals surface area contributed by atoms with Gasteiger partial charge in [-0.15, -0.1) is 6.58 Å². The summed E-state index contributed by atoms with van der Waals surface area (Å²) in [6, 6.07) is 0. The molecule has 0 aliphatic rings. The van der Waals surface area contributed by atoms with Gasteiger partial charge in [0.15, 0.2) is 0 Å². The minimum atomic E-state index is 0. The van der Waals surface area contributed by atoms with E-state index in [0.29, 0.717) is 0 Å². The van der Waals surface area contributed by atoms with Gasteiger partial charge in [0.25, 0.3) is 0 Å². The smallest absolute Gasteiger partial charge is 0 e. The molecule has 0 atom stereocenters. The van der Waals surface area contributed by atoms with Crippen LogP contribution < -0.4 is 0 Å². The zero-order chi connectivity index (χ0) is 2.71. The molecule has 0 saturated heterocycles. The quantitative estimate of drug-likeness (QED) is 0.299. The molecule has 0 aromatic carbocycles. The Morgan fingerprint density at radius 1 is 1.75 bits per heavy atom. The van der Waals surface area contributed by atoms with E-state index < -0.39 is 0 Å². The first-order chi connectivity index (χ1) is 1.41. The molecule has 0 fully saturated rings. The zero-order valence-corrected chi connectivity index (χ0v) is 6.41. The maximum atomic E-state index is 3.36. The van der Waals surface area contributed by atoms with Gasteiger partial charge in [-0.1, -0.05) is 6.08 Å². The summed E-state index contributed by atoms with van der Waals surface area (Å²) >= 11 is 0. The number of allylic oxidation sites excluding steroid dienone is 1. The molecular weight excluding hydrogens is 75.1 g/mol. The van der Waals surface area contributed by atoms with E-state index in [1.165, 1.54) is 0 Å². The molecule has 19 valence electrons. The Balaban J connectivity index is 0. The van der Waals surface area contributed by atoms with Crippen LogP contribution in [-0.2, 0) is 0 Å². The molecule has 0 amide bonds. The van der Waals surface area contributed by atoms with E-state index in [9.17, 15) is 0 Å². The van der Waals surface area contributed by atoms with Gasteiger partial charge in [-0.05, 0) is 6.92 Å². The first kappa shape index (κ1) is 9.03. The molecule has 0 spiro atoms. The Kier molecular flexibility index (Phi) is 20.0. The minimum Gasteiger partial charge on any atom is -0.103 e. The Morgan fingerprint density at radius 2 is 1.75 bits per heavy atom. The van der Waals surface area contributed by atoms with Crippen LogP contribution in [0.3, 0.4) is 0 Å². The average Bonchev–Trinajstić information content (AvgIpc) is 0.918. The molecule has 0 bridgehead atoms. The molecule has 0 aliphatic carbocycles. The van der Waals surface area contributed by atoms with E-state index >= 15 is 0 Å². The predicted molar refractivity (Wildman–Crippen MR) is 21.6 cm³/mol. The van der Waals surface area contributed by atoms with E-state index in [-0.39, 0.29) is 51.4 Å². The largest absolute Gasteiger partial charge is 0.103 e. The van der Waals surface area contributed by atoms with Gasteiger partial charge < -0.3 is 0 Å². The van der Waals surface area contributed by atoms with E-state index in [1.54, 1.807) is 6.08 Å². The molecule has 0 N–H and O–H groups in total. The van der Waals surface area contributed by atoms with Crippen molar-refractivity contribution in [3.63, 3.8) is 0 Å². The van der Waals surface area contributed by atoms with Gasteiger partial charge in [0.05, 0.1) is 0 Å². The van der Waals surface area contributed by atoms with E-state index in [2.05, 4.69) is 6.58 Å². The summed E-state index contributed by atoms with van der Waals surface area (Å²) in [5, 5.41) is 0. The third-order valence-corrected chi connectivity index (χ3v) is 0. The molecule has 0 unspecified atom stereocenters. The van der Waals surface area contributed by atoms with Gasteiger partial charge in [0.2, 0.25) is 0 Å². The van der Waals surface area contributed by atoms with Gasteiger partial charge in [-0.2, -0.15) is 0 Å². The van der Waals surface area contributed by atoms with Crippen LogP contribution >= 0.6 is 0 Å². The topological polar surface area (TPSA) is 0 Å². The summed E-state index contributed by atoms with van der Waals surface area (Å²) in [4.78, 5) is 0. The van der Waals surface area contributed by atoms with Crippen LogP contribution in [0.15, 0.2) is 12.7 Å². The fraction of sp³-hybridized carbons (Fsp3) is 0.333. The van der Waals surface area contributed by atoms with Crippen LogP contribution in [0, 0.1) is 0 Å². The van der Waals surface area contributed by atoms with E-state index in [1.807, 2.05) is 6.92 Å². The average molecular weight is 81.2 g/mol. The Labute approximate surface area is 69.7 Å². The van der Waals surface area contributed by atoms with E-state index in [4.69, 9.17) is 0 Å². The van der Waals surface area contributed by atoms with Gasteiger partial charge in [0, 0.05) is 51.4 Å². The molecule has 0 aromatic heterocycles.